The van der Waals surface area contributed by atoms with Crippen molar-refractivity contribution in [1.29, 1.82) is 0 Å². The van der Waals surface area contributed by atoms with Gasteiger partial charge in [0.15, 0.2) is 0 Å². The lowest BCUT2D eigenvalue weighted by Gasteiger charge is -2.11. The Labute approximate surface area is 160 Å². The Morgan fingerprint density at radius 2 is 2.00 bits per heavy atom. The van der Waals surface area contributed by atoms with E-state index in [2.05, 4.69) is 10.2 Å². The first-order chi connectivity index (χ1) is 13.6. The van der Waals surface area contributed by atoms with E-state index in [1.54, 1.807) is 10.7 Å². The van der Waals surface area contributed by atoms with Crippen LogP contribution in [0.3, 0.4) is 0 Å². The van der Waals surface area contributed by atoms with Crippen molar-refractivity contribution in [2.45, 2.75) is 32.3 Å². The number of pyridine rings is 1. The van der Waals surface area contributed by atoms with E-state index in [1.165, 1.54) is 18.2 Å². The van der Waals surface area contributed by atoms with Gasteiger partial charge in [0.05, 0.1) is 23.0 Å². The lowest BCUT2D eigenvalue weighted by Crippen LogP contribution is -2.05. The number of fused-ring (bicyclic) bond motifs is 1. The van der Waals surface area contributed by atoms with E-state index in [9.17, 15) is 8.78 Å². The molecule has 1 N–H and O–H groups in total. The second-order valence-electron chi connectivity index (χ2n) is 7.18. The number of aromatic nitrogens is 4. The van der Waals surface area contributed by atoms with E-state index >= 15 is 0 Å². The number of benzene rings is 1. The van der Waals surface area contributed by atoms with Gasteiger partial charge in [0.1, 0.15) is 18.2 Å². The minimum Gasteiger partial charge on any atom is -0.473 e. The summed E-state index contributed by atoms with van der Waals surface area (Å²) in [6.45, 7) is 1.75. The molecule has 0 bridgehead atoms. The third-order valence-electron chi connectivity index (χ3n) is 5.05. The third kappa shape index (κ3) is 2.83. The highest BCUT2D eigenvalue weighted by Crippen LogP contribution is 2.45. The number of halogens is 2. The fraction of sp³-hybridized carbons (Fsp3) is 0.238. The zero-order valence-electron chi connectivity index (χ0n) is 15.2. The topological polar surface area (TPSA) is 55.2 Å². The Hall–Kier alpha value is -3.22. The van der Waals surface area contributed by atoms with Crippen molar-refractivity contribution in [3.8, 4) is 17.0 Å². The molecule has 0 amide bonds. The average molecular weight is 380 g/mol. The summed E-state index contributed by atoms with van der Waals surface area (Å²) < 4.78 is 35.5. The monoisotopic (exact) mass is 380 g/mol. The van der Waals surface area contributed by atoms with Crippen LogP contribution in [0.4, 0.5) is 8.78 Å². The van der Waals surface area contributed by atoms with Crippen LogP contribution in [0.1, 0.15) is 35.6 Å². The molecule has 0 aliphatic heterocycles. The van der Waals surface area contributed by atoms with Gasteiger partial charge in [0, 0.05) is 29.3 Å². The fourth-order valence-corrected chi connectivity index (χ4v) is 3.51. The van der Waals surface area contributed by atoms with Crippen molar-refractivity contribution < 1.29 is 13.5 Å². The summed E-state index contributed by atoms with van der Waals surface area (Å²) in [5.74, 6) is -0.375. The zero-order valence-corrected chi connectivity index (χ0v) is 15.2. The Morgan fingerprint density at radius 1 is 1.21 bits per heavy atom. The van der Waals surface area contributed by atoms with Gasteiger partial charge < -0.3 is 4.74 Å². The molecule has 3 aromatic heterocycles. The van der Waals surface area contributed by atoms with Gasteiger partial charge >= 0.3 is 0 Å². The maximum absolute atomic E-state index is 14.0. The van der Waals surface area contributed by atoms with E-state index < -0.39 is 11.6 Å². The molecule has 4 aromatic rings. The van der Waals surface area contributed by atoms with Crippen LogP contribution in [0, 0.1) is 18.6 Å². The number of ether oxygens (including phenoxy) is 1. The molecular formula is C21H18F2N4O. The third-order valence-corrected chi connectivity index (χ3v) is 5.05. The molecule has 0 saturated heterocycles. The van der Waals surface area contributed by atoms with E-state index in [1.807, 2.05) is 25.3 Å². The van der Waals surface area contributed by atoms with Gasteiger partial charge in [-0.1, -0.05) is 6.07 Å². The first kappa shape index (κ1) is 16.9. The molecule has 7 heteroatoms. The minimum atomic E-state index is -0.623. The van der Waals surface area contributed by atoms with Crippen molar-refractivity contribution in [1.82, 2.24) is 19.8 Å². The maximum Gasteiger partial charge on any atom is 0.215 e. The van der Waals surface area contributed by atoms with Crippen molar-refractivity contribution in [2.75, 3.05) is 0 Å². The van der Waals surface area contributed by atoms with Crippen molar-refractivity contribution in [3.63, 3.8) is 0 Å². The van der Waals surface area contributed by atoms with Crippen LogP contribution in [-0.2, 0) is 6.61 Å². The van der Waals surface area contributed by atoms with E-state index in [-0.39, 0.29) is 12.2 Å². The summed E-state index contributed by atoms with van der Waals surface area (Å²) in [5.41, 5.74) is 4.78. The standard InChI is InChI=1S/C21H18F2N4O/c1-12-7-18-20(14-9-24-25-10-14)21(13-5-6-13)26-27(18)19(8-12)28-11-15-16(22)3-2-4-17(15)23/h2-4,7-10,13H,5-6,11H2,1H3,(H,24,25). The highest BCUT2D eigenvalue weighted by molar-refractivity contribution is 5.83. The fourth-order valence-electron chi connectivity index (χ4n) is 3.51. The van der Waals surface area contributed by atoms with Crippen LogP contribution in [-0.4, -0.2) is 19.8 Å². The summed E-state index contributed by atoms with van der Waals surface area (Å²) in [4.78, 5) is 0. The van der Waals surface area contributed by atoms with Crippen LogP contribution in [0.5, 0.6) is 5.88 Å². The van der Waals surface area contributed by atoms with Crippen LogP contribution < -0.4 is 4.74 Å². The molecule has 28 heavy (non-hydrogen) atoms. The number of aromatic amines is 1. The largest absolute Gasteiger partial charge is 0.473 e. The smallest absolute Gasteiger partial charge is 0.215 e. The normalized spacial score (nSPS) is 14.0. The van der Waals surface area contributed by atoms with Gasteiger partial charge in [-0.2, -0.15) is 10.2 Å². The molecular weight excluding hydrogens is 362 g/mol. The van der Waals surface area contributed by atoms with Crippen LogP contribution in [0.15, 0.2) is 42.7 Å². The molecule has 5 rings (SSSR count). The number of H-pyrrole nitrogens is 1. The van der Waals surface area contributed by atoms with Crippen LogP contribution >= 0.6 is 0 Å². The number of aryl methyl sites for hydroxylation is 1. The number of rotatable bonds is 5. The highest BCUT2D eigenvalue weighted by Gasteiger charge is 2.31. The highest BCUT2D eigenvalue weighted by atomic mass is 19.1. The van der Waals surface area contributed by atoms with Gasteiger partial charge in [-0.3, -0.25) is 5.10 Å². The zero-order chi connectivity index (χ0) is 19.3. The maximum atomic E-state index is 14.0. The predicted molar refractivity (Wildman–Crippen MR) is 100 cm³/mol. The molecule has 1 aliphatic carbocycles. The quantitative estimate of drug-likeness (QED) is 0.543. The Balaban J connectivity index is 1.61. The van der Waals surface area contributed by atoms with Gasteiger partial charge in [0.25, 0.3) is 0 Å². The number of nitrogens with zero attached hydrogens (tertiary/aromatic N) is 3. The minimum absolute atomic E-state index is 0.0956. The van der Waals surface area contributed by atoms with Crippen molar-refractivity contribution in [3.05, 3.63) is 71.2 Å². The summed E-state index contributed by atoms with van der Waals surface area (Å²) in [6, 6.07) is 7.66. The lowest BCUT2D eigenvalue weighted by atomic mass is 10.0. The Kier molecular flexibility index (Phi) is 3.89. The molecule has 1 aromatic carbocycles. The first-order valence-corrected chi connectivity index (χ1v) is 9.20. The average Bonchev–Trinajstić information content (AvgIpc) is 3.23. The second kappa shape index (κ2) is 6.44. The van der Waals surface area contributed by atoms with Crippen LogP contribution in [0.2, 0.25) is 0 Å². The Morgan fingerprint density at radius 3 is 2.68 bits per heavy atom. The lowest BCUT2D eigenvalue weighted by molar-refractivity contribution is 0.274. The Bertz CT molecular complexity index is 1140. The summed E-state index contributed by atoms with van der Waals surface area (Å²) in [5, 5.41) is 11.7. The van der Waals surface area contributed by atoms with E-state index in [4.69, 9.17) is 9.84 Å². The van der Waals surface area contributed by atoms with Crippen LogP contribution in [0.25, 0.3) is 16.6 Å². The molecule has 0 atom stereocenters. The van der Waals surface area contributed by atoms with Gasteiger partial charge in [0.2, 0.25) is 5.88 Å². The van der Waals surface area contributed by atoms with E-state index in [0.29, 0.717) is 11.8 Å². The second-order valence-corrected chi connectivity index (χ2v) is 7.18. The van der Waals surface area contributed by atoms with E-state index in [0.717, 1.165) is 40.7 Å². The molecule has 0 unspecified atom stereocenters. The summed E-state index contributed by atoms with van der Waals surface area (Å²) >= 11 is 0. The van der Waals surface area contributed by atoms with Gasteiger partial charge in [-0.15, -0.1) is 0 Å². The number of hydrogen-bond acceptors (Lipinski definition) is 3. The molecule has 0 spiro atoms. The molecule has 3 heterocycles. The van der Waals surface area contributed by atoms with Crippen molar-refractivity contribution in [2.24, 2.45) is 0 Å². The molecule has 142 valence electrons. The van der Waals surface area contributed by atoms with Gasteiger partial charge in [-0.25, -0.2) is 13.3 Å². The predicted octanol–water partition coefficient (Wildman–Crippen LogP) is 4.77. The first-order valence-electron chi connectivity index (χ1n) is 9.20. The molecule has 5 nitrogen and oxygen atoms in total. The molecule has 1 saturated carbocycles. The summed E-state index contributed by atoms with van der Waals surface area (Å²) in [7, 11) is 0. The van der Waals surface area contributed by atoms with Crippen molar-refractivity contribution >= 4 is 5.52 Å². The number of hydrogen-bond donors (Lipinski definition) is 1. The molecule has 1 fully saturated rings. The number of nitrogens with one attached hydrogen (secondary N) is 1. The molecule has 1 aliphatic rings. The van der Waals surface area contributed by atoms with Gasteiger partial charge in [-0.05, 0) is 43.5 Å². The summed E-state index contributed by atoms with van der Waals surface area (Å²) in [6.07, 6.45) is 5.83. The SMILES string of the molecule is Cc1cc(OCc2c(F)cccc2F)n2nc(C3CC3)c(-c3cn[nH]c3)c2c1. The molecule has 0 radical (unpaired) electrons.